The fourth-order valence-electron chi connectivity index (χ4n) is 3.68. The van der Waals surface area contributed by atoms with Crippen molar-refractivity contribution in [2.45, 2.75) is 69.8 Å². The summed E-state index contributed by atoms with van der Waals surface area (Å²) in [6.07, 6.45) is 8.02. The summed E-state index contributed by atoms with van der Waals surface area (Å²) in [5.41, 5.74) is 2.64. The van der Waals surface area contributed by atoms with Crippen LogP contribution in [0.4, 0.5) is 5.82 Å². The Kier molecular flexibility index (Phi) is 5.04. The number of aromatic nitrogens is 2. The smallest absolute Gasteiger partial charge is 0.134 e. The highest BCUT2D eigenvalue weighted by Gasteiger charge is 2.27. The van der Waals surface area contributed by atoms with Gasteiger partial charge in [0, 0.05) is 29.5 Å². The van der Waals surface area contributed by atoms with Crippen LogP contribution in [-0.4, -0.2) is 16.5 Å². The van der Waals surface area contributed by atoms with Gasteiger partial charge in [-0.25, -0.2) is 9.97 Å². The Morgan fingerprint density at radius 1 is 1.10 bits per heavy atom. The van der Waals surface area contributed by atoms with E-state index in [0.29, 0.717) is 5.92 Å². The lowest BCUT2D eigenvalue weighted by molar-refractivity contribution is 0.302. The summed E-state index contributed by atoms with van der Waals surface area (Å²) in [5.74, 6) is 5.89. The minimum atomic E-state index is 0.589. The predicted octanol–water partition coefficient (Wildman–Crippen LogP) is 4.73. The van der Waals surface area contributed by atoms with E-state index in [1.54, 1.807) is 0 Å². The quantitative estimate of drug-likeness (QED) is 0.853. The first-order valence-corrected chi connectivity index (χ1v) is 9.68. The minimum Gasteiger partial charge on any atom is -0.370 e. The Hall–Kier alpha value is -0.770. The Morgan fingerprint density at radius 2 is 1.90 bits per heavy atom. The van der Waals surface area contributed by atoms with Crippen molar-refractivity contribution in [2.75, 3.05) is 11.9 Å². The molecular weight excluding hydrogens is 278 g/mol. The molecule has 0 aromatic carbocycles. The molecular formula is C17H27N3S. The summed E-state index contributed by atoms with van der Waals surface area (Å²) < 4.78 is 0. The van der Waals surface area contributed by atoms with E-state index in [0.717, 1.165) is 35.6 Å². The number of thioether (sulfide) groups is 1. The third-order valence-electron chi connectivity index (χ3n) is 4.85. The van der Waals surface area contributed by atoms with Crippen LogP contribution in [0.2, 0.25) is 0 Å². The highest BCUT2D eigenvalue weighted by atomic mass is 32.2. The van der Waals surface area contributed by atoms with Gasteiger partial charge >= 0.3 is 0 Å². The number of rotatable bonds is 5. The Labute approximate surface area is 132 Å². The average Bonchev–Trinajstić information content (AvgIpc) is 2.97. The van der Waals surface area contributed by atoms with Crippen molar-refractivity contribution in [3.8, 4) is 0 Å². The predicted molar refractivity (Wildman–Crippen MR) is 90.8 cm³/mol. The average molecular weight is 305 g/mol. The summed E-state index contributed by atoms with van der Waals surface area (Å²) in [6, 6.07) is 0. The van der Waals surface area contributed by atoms with Crippen molar-refractivity contribution < 1.29 is 0 Å². The van der Waals surface area contributed by atoms with Gasteiger partial charge in [0.15, 0.2) is 0 Å². The molecule has 3 rings (SSSR count). The second-order valence-corrected chi connectivity index (χ2v) is 7.37. The summed E-state index contributed by atoms with van der Waals surface area (Å²) in [7, 11) is 0. The molecule has 1 aromatic heterocycles. The van der Waals surface area contributed by atoms with Crippen LogP contribution in [-0.2, 0) is 11.5 Å². The largest absolute Gasteiger partial charge is 0.370 e. The third kappa shape index (κ3) is 3.36. The highest BCUT2D eigenvalue weighted by molar-refractivity contribution is 7.98. The molecule has 1 aromatic rings. The lowest BCUT2D eigenvalue weighted by Crippen LogP contribution is -2.17. The molecule has 0 spiro atoms. The molecule has 0 radical (unpaired) electrons. The maximum atomic E-state index is 4.92. The molecule has 1 N–H and O–H groups in total. The van der Waals surface area contributed by atoms with E-state index in [1.165, 1.54) is 49.8 Å². The van der Waals surface area contributed by atoms with E-state index in [1.807, 2.05) is 11.8 Å². The second-order valence-electron chi connectivity index (χ2n) is 6.39. The zero-order chi connectivity index (χ0) is 14.7. The van der Waals surface area contributed by atoms with E-state index in [9.17, 15) is 0 Å². The molecule has 0 saturated heterocycles. The summed E-state index contributed by atoms with van der Waals surface area (Å²) in [6.45, 7) is 5.39. The second kappa shape index (κ2) is 6.99. The van der Waals surface area contributed by atoms with Crippen LogP contribution in [0.5, 0.6) is 0 Å². The van der Waals surface area contributed by atoms with E-state index in [-0.39, 0.29) is 0 Å². The molecule has 0 atom stereocenters. The van der Waals surface area contributed by atoms with Gasteiger partial charge in [0.2, 0.25) is 0 Å². The van der Waals surface area contributed by atoms with Gasteiger partial charge < -0.3 is 5.32 Å². The molecule has 2 aliphatic rings. The fourth-order valence-corrected chi connectivity index (χ4v) is 4.73. The van der Waals surface area contributed by atoms with Crippen LogP contribution in [0.15, 0.2) is 0 Å². The van der Waals surface area contributed by atoms with Gasteiger partial charge in [-0.1, -0.05) is 19.8 Å². The van der Waals surface area contributed by atoms with Crippen LogP contribution >= 0.6 is 11.8 Å². The molecule has 21 heavy (non-hydrogen) atoms. The summed E-state index contributed by atoms with van der Waals surface area (Å²) in [4.78, 5) is 9.81. The normalized spacial score (nSPS) is 24.9. The first-order valence-electron chi connectivity index (χ1n) is 8.53. The van der Waals surface area contributed by atoms with Crippen LogP contribution in [0, 0.1) is 5.92 Å². The summed E-state index contributed by atoms with van der Waals surface area (Å²) >= 11 is 1.96. The molecule has 3 nitrogen and oxygen atoms in total. The van der Waals surface area contributed by atoms with Crippen molar-refractivity contribution in [1.82, 2.24) is 9.97 Å². The molecule has 2 heterocycles. The van der Waals surface area contributed by atoms with Crippen molar-refractivity contribution in [2.24, 2.45) is 5.92 Å². The zero-order valence-corrected chi connectivity index (χ0v) is 14.1. The van der Waals surface area contributed by atoms with Gasteiger partial charge in [0.25, 0.3) is 0 Å². The molecule has 1 fully saturated rings. The molecule has 116 valence electrons. The minimum absolute atomic E-state index is 0.589. The Bertz CT molecular complexity index is 481. The SMILES string of the molecule is CCCC1CCC(c2nc3c(c(NCC)n2)CSC3)CC1. The van der Waals surface area contributed by atoms with Crippen molar-refractivity contribution in [3.05, 3.63) is 17.1 Å². The van der Waals surface area contributed by atoms with Gasteiger partial charge in [-0.2, -0.15) is 11.8 Å². The molecule has 1 saturated carbocycles. The lowest BCUT2D eigenvalue weighted by Gasteiger charge is -2.28. The number of fused-ring (bicyclic) bond motifs is 1. The number of hydrogen-bond donors (Lipinski definition) is 1. The van der Waals surface area contributed by atoms with E-state index in [2.05, 4.69) is 19.2 Å². The van der Waals surface area contributed by atoms with Gasteiger partial charge in [-0.15, -0.1) is 0 Å². The Morgan fingerprint density at radius 3 is 2.62 bits per heavy atom. The van der Waals surface area contributed by atoms with Crippen LogP contribution in [0.25, 0.3) is 0 Å². The van der Waals surface area contributed by atoms with Crippen molar-refractivity contribution in [1.29, 1.82) is 0 Å². The number of nitrogens with one attached hydrogen (secondary N) is 1. The monoisotopic (exact) mass is 305 g/mol. The third-order valence-corrected chi connectivity index (χ3v) is 5.82. The number of anilines is 1. The maximum absolute atomic E-state index is 4.92. The molecule has 1 aliphatic heterocycles. The van der Waals surface area contributed by atoms with Crippen molar-refractivity contribution >= 4 is 17.6 Å². The highest BCUT2D eigenvalue weighted by Crippen LogP contribution is 2.39. The molecule has 4 heteroatoms. The van der Waals surface area contributed by atoms with Gasteiger partial charge in [-0.05, 0) is 38.5 Å². The molecule has 0 unspecified atom stereocenters. The standard InChI is InChI=1S/C17H27N3S/c1-3-5-12-6-8-13(9-7-12)16-19-15-11-21-10-14(15)17(20-16)18-4-2/h12-13H,3-11H2,1-2H3,(H,18,19,20). The van der Waals surface area contributed by atoms with E-state index < -0.39 is 0 Å². The first-order chi connectivity index (χ1) is 10.3. The van der Waals surface area contributed by atoms with Gasteiger partial charge in [0.1, 0.15) is 11.6 Å². The summed E-state index contributed by atoms with van der Waals surface area (Å²) in [5, 5.41) is 3.45. The molecule has 0 amide bonds. The van der Waals surface area contributed by atoms with Crippen LogP contribution in [0.1, 0.15) is 75.4 Å². The van der Waals surface area contributed by atoms with Crippen LogP contribution in [0.3, 0.4) is 0 Å². The van der Waals surface area contributed by atoms with Crippen molar-refractivity contribution in [3.63, 3.8) is 0 Å². The maximum Gasteiger partial charge on any atom is 0.134 e. The van der Waals surface area contributed by atoms with Crippen LogP contribution < -0.4 is 5.32 Å². The molecule has 1 aliphatic carbocycles. The Balaban J connectivity index is 1.75. The molecule has 0 bridgehead atoms. The number of hydrogen-bond acceptors (Lipinski definition) is 4. The van der Waals surface area contributed by atoms with Gasteiger partial charge in [0.05, 0.1) is 5.69 Å². The topological polar surface area (TPSA) is 37.8 Å². The first kappa shape index (κ1) is 15.1. The lowest BCUT2D eigenvalue weighted by atomic mass is 9.79. The zero-order valence-electron chi connectivity index (χ0n) is 13.3. The number of nitrogens with zero attached hydrogens (tertiary/aromatic N) is 2. The fraction of sp³-hybridized carbons (Fsp3) is 0.765. The van der Waals surface area contributed by atoms with E-state index in [4.69, 9.17) is 9.97 Å². The van der Waals surface area contributed by atoms with Gasteiger partial charge in [-0.3, -0.25) is 0 Å². The van der Waals surface area contributed by atoms with E-state index >= 15 is 0 Å².